The molecule has 2 aromatic carbocycles. The summed E-state index contributed by atoms with van der Waals surface area (Å²) in [5.74, 6) is 0. The molecule has 0 aromatic heterocycles. The highest BCUT2D eigenvalue weighted by Gasteiger charge is 2.08. The first kappa shape index (κ1) is 13.4. The van der Waals surface area contributed by atoms with Gasteiger partial charge in [-0.3, -0.25) is 0 Å². The third-order valence-electron chi connectivity index (χ3n) is 2.99. The van der Waals surface area contributed by atoms with Crippen molar-refractivity contribution in [3.63, 3.8) is 0 Å². The molecule has 1 atom stereocenters. The number of rotatable bonds is 3. The van der Waals surface area contributed by atoms with Crippen LogP contribution < -0.4 is 5.32 Å². The summed E-state index contributed by atoms with van der Waals surface area (Å²) in [6.45, 7) is 4.23. The second-order valence-electron chi connectivity index (χ2n) is 4.33. The third-order valence-corrected chi connectivity index (χ3v) is 4.08. The normalized spacial score (nSPS) is 12.2. The van der Waals surface area contributed by atoms with Crippen LogP contribution in [0.25, 0.3) is 0 Å². The molecule has 1 N–H and O–H groups in total. The largest absolute Gasteiger partial charge is 0.378 e. The molecule has 0 saturated heterocycles. The van der Waals surface area contributed by atoms with Crippen molar-refractivity contribution in [2.45, 2.75) is 19.9 Å². The van der Waals surface area contributed by atoms with Gasteiger partial charge in [-0.15, -0.1) is 0 Å². The lowest BCUT2D eigenvalue weighted by Gasteiger charge is -2.18. The zero-order chi connectivity index (χ0) is 13.1. The van der Waals surface area contributed by atoms with Crippen molar-refractivity contribution in [3.05, 3.63) is 63.1 Å². The Labute approximate surface area is 121 Å². The second kappa shape index (κ2) is 5.77. The van der Waals surface area contributed by atoms with E-state index in [0.717, 1.165) is 15.2 Å². The molecule has 0 bridgehead atoms. The Morgan fingerprint density at radius 3 is 2.61 bits per heavy atom. The molecule has 0 spiro atoms. The fourth-order valence-electron chi connectivity index (χ4n) is 1.86. The molecule has 3 heteroatoms. The van der Waals surface area contributed by atoms with Crippen molar-refractivity contribution in [3.8, 4) is 0 Å². The highest BCUT2D eigenvalue weighted by Crippen LogP contribution is 2.27. The summed E-state index contributed by atoms with van der Waals surface area (Å²) in [6.07, 6.45) is 0. The molecule has 0 heterocycles. The third kappa shape index (κ3) is 3.06. The summed E-state index contributed by atoms with van der Waals surface area (Å²) in [5.41, 5.74) is 3.53. The van der Waals surface area contributed by atoms with Crippen molar-refractivity contribution in [1.29, 1.82) is 0 Å². The Bertz CT molecular complexity index is 554. The predicted octanol–water partition coefficient (Wildman–Crippen LogP) is 5.58. The van der Waals surface area contributed by atoms with Crippen molar-refractivity contribution >= 4 is 33.2 Å². The first-order chi connectivity index (χ1) is 8.58. The SMILES string of the molecule is Cc1c(Br)cccc1NC(C)c1cccc(Cl)c1. The molecule has 2 rings (SSSR count). The van der Waals surface area contributed by atoms with E-state index in [0.29, 0.717) is 0 Å². The Hall–Kier alpha value is -0.990. The standard InChI is InChI=1S/C15H15BrClN/c1-10-14(16)7-4-8-15(10)18-11(2)12-5-3-6-13(17)9-12/h3-9,11,18H,1-2H3. The van der Waals surface area contributed by atoms with Gasteiger partial charge in [-0.2, -0.15) is 0 Å². The molecular weight excluding hydrogens is 310 g/mol. The highest BCUT2D eigenvalue weighted by atomic mass is 79.9. The molecule has 0 fully saturated rings. The van der Waals surface area contributed by atoms with Crippen LogP contribution >= 0.6 is 27.5 Å². The summed E-state index contributed by atoms with van der Waals surface area (Å²) < 4.78 is 1.12. The molecule has 0 aliphatic carbocycles. The van der Waals surface area contributed by atoms with Gasteiger partial charge in [-0.1, -0.05) is 45.7 Å². The average Bonchev–Trinajstić information content (AvgIpc) is 2.35. The van der Waals surface area contributed by atoms with E-state index in [2.05, 4.69) is 47.2 Å². The molecule has 0 radical (unpaired) electrons. The second-order valence-corrected chi connectivity index (χ2v) is 5.62. The van der Waals surface area contributed by atoms with Crippen LogP contribution in [0.15, 0.2) is 46.9 Å². The number of nitrogens with one attached hydrogen (secondary N) is 1. The number of anilines is 1. The Kier molecular flexibility index (Phi) is 4.31. The van der Waals surface area contributed by atoms with E-state index in [4.69, 9.17) is 11.6 Å². The van der Waals surface area contributed by atoms with Crippen molar-refractivity contribution in [2.24, 2.45) is 0 Å². The first-order valence-corrected chi connectivity index (χ1v) is 7.02. The van der Waals surface area contributed by atoms with Crippen LogP contribution in [0.4, 0.5) is 5.69 Å². The van der Waals surface area contributed by atoms with Crippen LogP contribution in [-0.2, 0) is 0 Å². The zero-order valence-electron chi connectivity index (χ0n) is 10.4. The summed E-state index contributed by atoms with van der Waals surface area (Å²) in [4.78, 5) is 0. The molecule has 94 valence electrons. The van der Waals surface area contributed by atoms with E-state index in [9.17, 15) is 0 Å². The predicted molar refractivity (Wildman–Crippen MR) is 82.4 cm³/mol. The van der Waals surface area contributed by atoms with Crippen LogP contribution in [0.5, 0.6) is 0 Å². The maximum atomic E-state index is 6.01. The van der Waals surface area contributed by atoms with Gasteiger partial charge in [0.15, 0.2) is 0 Å². The molecular formula is C15H15BrClN. The molecule has 0 aliphatic rings. The van der Waals surface area contributed by atoms with Crippen LogP contribution in [0.1, 0.15) is 24.1 Å². The lowest BCUT2D eigenvalue weighted by molar-refractivity contribution is 0.882. The minimum Gasteiger partial charge on any atom is -0.378 e. The van der Waals surface area contributed by atoms with Crippen molar-refractivity contribution in [2.75, 3.05) is 5.32 Å². The van der Waals surface area contributed by atoms with Crippen molar-refractivity contribution in [1.82, 2.24) is 0 Å². The molecule has 1 nitrogen and oxygen atoms in total. The van der Waals surface area contributed by atoms with Gasteiger partial charge in [0.2, 0.25) is 0 Å². The Balaban J connectivity index is 2.21. The van der Waals surface area contributed by atoms with Crippen LogP contribution in [0.2, 0.25) is 5.02 Å². The number of halogens is 2. The van der Waals surface area contributed by atoms with Gasteiger partial charge >= 0.3 is 0 Å². The maximum Gasteiger partial charge on any atom is 0.0486 e. The zero-order valence-corrected chi connectivity index (χ0v) is 12.7. The molecule has 0 saturated carbocycles. The maximum absolute atomic E-state index is 6.01. The van der Waals surface area contributed by atoms with E-state index in [1.165, 1.54) is 11.1 Å². The molecule has 0 aliphatic heterocycles. The van der Waals surface area contributed by atoms with E-state index < -0.39 is 0 Å². The molecule has 1 unspecified atom stereocenters. The monoisotopic (exact) mass is 323 g/mol. The van der Waals surface area contributed by atoms with Gasteiger partial charge in [0.1, 0.15) is 0 Å². The van der Waals surface area contributed by atoms with Gasteiger partial charge in [0.05, 0.1) is 0 Å². The topological polar surface area (TPSA) is 12.0 Å². The fraction of sp³-hybridized carbons (Fsp3) is 0.200. The number of benzene rings is 2. The fourth-order valence-corrected chi connectivity index (χ4v) is 2.42. The summed E-state index contributed by atoms with van der Waals surface area (Å²) in [5, 5.41) is 4.28. The number of hydrogen-bond acceptors (Lipinski definition) is 1. The molecule has 2 aromatic rings. The van der Waals surface area contributed by atoms with Gasteiger partial charge < -0.3 is 5.32 Å². The minimum atomic E-state index is 0.219. The Morgan fingerprint density at radius 2 is 1.89 bits per heavy atom. The minimum absolute atomic E-state index is 0.219. The van der Waals surface area contributed by atoms with Crippen LogP contribution in [-0.4, -0.2) is 0 Å². The highest BCUT2D eigenvalue weighted by molar-refractivity contribution is 9.10. The van der Waals surface area contributed by atoms with Gasteiger partial charge in [0, 0.05) is 21.2 Å². The van der Waals surface area contributed by atoms with Gasteiger partial charge in [0.25, 0.3) is 0 Å². The first-order valence-electron chi connectivity index (χ1n) is 5.85. The molecule has 18 heavy (non-hydrogen) atoms. The molecule has 0 amide bonds. The van der Waals surface area contributed by atoms with E-state index in [1.54, 1.807) is 0 Å². The lowest BCUT2D eigenvalue weighted by atomic mass is 10.1. The van der Waals surface area contributed by atoms with Crippen molar-refractivity contribution < 1.29 is 0 Å². The Morgan fingerprint density at radius 1 is 1.17 bits per heavy atom. The van der Waals surface area contributed by atoms with E-state index in [1.807, 2.05) is 30.3 Å². The smallest absolute Gasteiger partial charge is 0.0486 e. The summed E-state index contributed by atoms with van der Waals surface area (Å²) in [6, 6.07) is 14.3. The van der Waals surface area contributed by atoms with E-state index in [-0.39, 0.29) is 6.04 Å². The van der Waals surface area contributed by atoms with E-state index >= 15 is 0 Å². The lowest BCUT2D eigenvalue weighted by Crippen LogP contribution is -2.07. The number of hydrogen-bond donors (Lipinski definition) is 1. The average molecular weight is 325 g/mol. The van der Waals surface area contributed by atoms with Crippen LogP contribution in [0.3, 0.4) is 0 Å². The summed E-state index contributed by atoms with van der Waals surface area (Å²) in [7, 11) is 0. The van der Waals surface area contributed by atoms with Crippen LogP contribution in [0, 0.1) is 6.92 Å². The quantitative estimate of drug-likeness (QED) is 0.776. The summed E-state index contributed by atoms with van der Waals surface area (Å²) >= 11 is 9.56. The van der Waals surface area contributed by atoms with Gasteiger partial charge in [-0.05, 0) is 49.2 Å². The van der Waals surface area contributed by atoms with Gasteiger partial charge in [-0.25, -0.2) is 0 Å².